The summed E-state index contributed by atoms with van der Waals surface area (Å²) in [7, 11) is 0. The van der Waals surface area contributed by atoms with E-state index in [9.17, 15) is 10.1 Å². The molecule has 0 fully saturated rings. The van der Waals surface area contributed by atoms with Crippen molar-refractivity contribution in [2.45, 2.75) is 10.5 Å². The van der Waals surface area contributed by atoms with Crippen LogP contribution in [0.15, 0.2) is 65.8 Å². The van der Waals surface area contributed by atoms with Crippen molar-refractivity contribution >= 4 is 23.5 Å². The highest BCUT2D eigenvalue weighted by Crippen LogP contribution is 2.32. The SMILES string of the molecule is O=[N+]([O-])c1cccc(-c2nnc3n2N[C@@H](/C=C/c2ccccc2)S3)c1. The lowest BCUT2D eigenvalue weighted by atomic mass is 10.2. The zero-order valence-electron chi connectivity index (χ0n) is 12.9. The Bertz CT molecular complexity index is 955. The van der Waals surface area contributed by atoms with E-state index in [4.69, 9.17) is 0 Å². The van der Waals surface area contributed by atoms with Crippen molar-refractivity contribution in [1.29, 1.82) is 0 Å². The van der Waals surface area contributed by atoms with Crippen molar-refractivity contribution in [2.24, 2.45) is 0 Å². The highest BCUT2D eigenvalue weighted by Gasteiger charge is 2.25. The molecule has 4 rings (SSSR count). The van der Waals surface area contributed by atoms with Crippen LogP contribution in [0.2, 0.25) is 0 Å². The molecule has 0 spiro atoms. The minimum Gasteiger partial charge on any atom is -0.304 e. The van der Waals surface area contributed by atoms with Gasteiger partial charge in [-0.3, -0.25) is 10.1 Å². The van der Waals surface area contributed by atoms with Gasteiger partial charge < -0.3 is 5.43 Å². The number of thioether (sulfide) groups is 1. The maximum absolute atomic E-state index is 11.0. The molecule has 0 bridgehead atoms. The highest BCUT2D eigenvalue weighted by molar-refractivity contribution is 8.00. The van der Waals surface area contributed by atoms with E-state index in [0.717, 1.165) is 10.7 Å². The number of benzene rings is 2. The average molecular weight is 351 g/mol. The molecule has 8 heteroatoms. The van der Waals surface area contributed by atoms with Crippen LogP contribution in [0.25, 0.3) is 17.5 Å². The van der Waals surface area contributed by atoms with Gasteiger partial charge in [0.05, 0.1) is 4.92 Å². The smallest absolute Gasteiger partial charge is 0.270 e. The second kappa shape index (κ2) is 6.40. The van der Waals surface area contributed by atoms with Crippen molar-refractivity contribution in [3.63, 3.8) is 0 Å². The van der Waals surface area contributed by atoms with E-state index in [2.05, 4.69) is 15.6 Å². The Hall–Kier alpha value is -3.13. The zero-order chi connectivity index (χ0) is 17.2. The Morgan fingerprint density at radius 1 is 1.16 bits per heavy atom. The van der Waals surface area contributed by atoms with Crippen LogP contribution in [0.5, 0.6) is 0 Å². The number of hydrogen-bond donors (Lipinski definition) is 1. The molecule has 7 nitrogen and oxygen atoms in total. The summed E-state index contributed by atoms with van der Waals surface area (Å²) >= 11 is 1.54. The molecule has 1 atom stereocenters. The van der Waals surface area contributed by atoms with Gasteiger partial charge in [0.2, 0.25) is 5.16 Å². The summed E-state index contributed by atoms with van der Waals surface area (Å²) in [6.07, 6.45) is 4.09. The predicted molar refractivity (Wildman–Crippen MR) is 96.6 cm³/mol. The fraction of sp³-hybridized carbons (Fsp3) is 0.0588. The Morgan fingerprint density at radius 3 is 2.80 bits per heavy atom. The van der Waals surface area contributed by atoms with Crippen molar-refractivity contribution in [3.05, 3.63) is 76.4 Å². The summed E-state index contributed by atoms with van der Waals surface area (Å²) in [4.78, 5) is 10.5. The predicted octanol–water partition coefficient (Wildman–Crippen LogP) is 3.54. The molecule has 1 aliphatic heterocycles. The van der Waals surface area contributed by atoms with E-state index in [-0.39, 0.29) is 11.1 Å². The van der Waals surface area contributed by atoms with Gasteiger partial charge in [-0.15, -0.1) is 10.2 Å². The summed E-state index contributed by atoms with van der Waals surface area (Å²) in [6, 6.07) is 16.4. The molecule has 0 amide bonds. The van der Waals surface area contributed by atoms with Crippen LogP contribution >= 0.6 is 11.8 Å². The van der Waals surface area contributed by atoms with E-state index < -0.39 is 4.92 Å². The van der Waals surface area contributed by atoms with Crippen LogP contribution in [0, 0.1) is 10.1 Å². The third-order valence-electron chi connectivity index (χ3n) is 3.70. The van der Waals surface area contributed by atoms with Gasteiger partial charge in [-0.2, -0.15) is 0 Å². The molecule has 1 aliphatic rings. The average Bonchev–Trinajstić information content (AvgIpc) is 3.21. The first kappa shape index (κ1) is 15.4. The molecular weight excluding hydrogens is 338 g/mol. The molecule has 2 aromatic carbocycles. The lowest BCUT2D eigenvalue weighted by molar-refractivity contribution is -0.384. The monoisotopic (exact) mass is 351 g/mol. The van der Waals surface area contributed by atoms with Crippen molar-refractivity contribution in [1.82, 2.24) is 14.9 Å². The molecule has 124 valence electrons. The van der Waals surface area contributed by atoms with Gasteiger partial charge in [-0.1, -0.05) is 60.3 Å². The number of non-ortho nitro benzene ring substituents is 1. The van der Waals surface area contributed by atoms with Crippen LogP contribution in [0.4, 0.5) is 5.69 Å². The molecule has 0 saturated heterocycles. The normalized spacial score (nSPS) is 15.9. The van der Waals surface area contributed by atoms with Crippen molar-refractivity contribution < 1.29 is 4.92 Å². The summed E-state index contributed by atoms with van der Waals surface area (Å²) in [6.45, 7) is 0. The van der Waals surface area contributed by atoms with Gasteiger partial charge in [0.15, 0.2) is 5.82 Å². The maximum atomic E-state index is 11.0. The third kappa shape index (κ3) is 3.11. The van der Waals surface area contributed by atoms with E-state index in [1.807, 2.05) is 42.5 Å². The van der Waals surface area contributed by atoms with Gasteiger partial charge in [0, 0.05) is 17.7 Å². The van der Waals surface area contributed by atoms with E-state index in [1.165, 1.54) is 23.9 Å². The molecule has 1 N–H and O–H groups in total. The number of nitrogens with zero attached hydrogens (tertiary/aromatic N) is 4. The topological polar surface area (TPSA) is 85.9 Å². The number of fused-ring (bicyclic) bond motifs is 1. The zero-order valence-corrected chi connectivity index (χ0v) is 13.8. The van der Waals surface area contributed by atoms with Crippen LogP contribution in [-0.2, 0) is 0 Å². The van der Waals surface area contributed by atoms with Gasteiger partial charge in [-0.05, 0) is 11.6 Å². The molecule has 0 saturated carbocycles. The number of hydrogen-bond acceptors (Lipinski definition) is 6. The summed E-state index contributed by atoms with van der Waals surface area (Å²) < 4.78 is 1.77. The second-order valence-corrected chi connectivity index (χ2v) is 6.50. The lowest BCUT2D eigenvalue weighted by Crippen LogP contribution is -2.17. The molecule has 2 heterocycles. The fourth-order valence-electron chi connectivity index (χ4n) is 2.52. The van der Waals surface area contributed by atoms with Gasteiger partial charge in [0.25, 0.3) is 5.69 Å². The number of nitrogens with one attached hydrogen (secondary N) is 1. The summed E-state index contributed by atoms with van der Waals surface area (Å²) in [5, 5.41) is 20.0. The van der Waals surface area contributed by atoms with Crippen LogP contribution in [-0.4, -0.2) is 25.2 Å². The first-order chi connectivity index (χ1) is 12.2. The Morgan fingerprint density at radius 2 is 2.00 bits per heavy atom. The Labute approximate surface area is 147 Å². The quantitative estimate of drug-likeness (QED) is 0.571. The lowest BCUT2D eigenvalue weighted by Gasteiger charge is -2.08. The number of nitro groups is 1. The van der Waals surface area contributed by atoms with Crippen molar-refractivity contribution in [2.75, 3.05) is 5.43 Å². The van der Waals surface area contributed by atoms with Crippen LogP contribution < -0.4 is 5.43 Å². The minimum absolute atomic E-state index is 0.0168. The third-order valence-corrected chi connectivity index (χ3v) is 4.69. The molecular formula is C17H13N5O2S. The maximum Gasteiger partial charge on any atom is 0.270 e. The second-order valence-electron chi connectivity index (χ2n) is 5.39. The van der Waals surface area contributed by atoms with Crippen LogP contribution in [0.1, 0.15) is 5.56 Å². The largest absolute Gasteiger partial charge is 0.304 e. The summed E-state index contributed by atoms with van der Waals surface area (Å²) in [5.41, 5.74) is 5.09. The molecule has 0 aliphatic carbocycles. The molecule has 25 heavy (non-hydrogen) atoms. The molecule has 0 unspecified atom stereocenters. The highest BCUT2D eigenvalue weighted by atomic mass is 32.2. The van der Waals surface area contributed by atoms with Crippen LogP contribution in [0.3, 0.4) is 0 Å². The standard InChI is InChI=1S/C17H13N5O2S/c23-22(24)14-8-4-7-13(11-14)16-18-19-17-21(16)20-15(25-17)10-9-12-5-2-1-3-6-12/h1-11,15,20H/b10-9+/t15-/m1/s1. The first-order valence-corrected chi connectivity index (χ1v) is 8.45. The molecule has 3 aromatic rings. The van der Waals surface area contributed by atoms with Crippen molar-refractivity contribution in [3.8, 4) is 11.4 Å². The van der Waals surface area contributed by atoms with E-state index >= 15 is 0 Å². The molecule has 0 radical (unpaired) electrons. The summed E-state index contributed by atoms with van der Waals surface area (Å²) in [5.74, 6) is 0.557. The number of nitro benzene ring substituents is 1. The minimum atomic E-state index is -0.418. The van der Waals surface area contributed by atoms with Gasteiger partial charge >= 0.3 is 0 Å². The van der Waals surface area contributed by atoms with Gasteiger partial charge in [-0.25, -0.2) is 4.68 Å². The first-order valence-electron chi connectivity index (χ1n) is 7.57. The molecule has 1 aromatic heterocycles. The van der Waals surface area contributed by atoms with Gasteiger partial charge in [0.1, 0.15) is 5.37 Å². The van der Waals surface area contributed by atoms with E-state index in [0.29, 0.717) is 11.4 Å². The fourth-order valence-corrected chi connectivity index (χ4v) is 3.40. The Kier molecular flexibility index (Phi) is 3.95. The Balaban J connectivity index is 1.57. The van der Waals surface area contributed by atoms with E-state index in [1.54, 1.807) is 16.8 Å². The number of rotatable bonds is 4. The number of aromatic nitrogens is 3.